The number of thiazole rings is 1. The maximum absolute atomic E-state index is 12.9. The molecule has 7 heteroatoms. The lowest BCUT2D eigenvalue weighted by Crippen LogP contribution is -2.19. The third kappa shape index (κ3) is 4.46. The molecule has 0 unspecified atom stereocenters. The summed E-state index contributed by atoms with van der Waals surface area (Å²) >= 11 is 1.44. The quantitative estimate of drug-likeness (QED) is 0.429. The Morgan fingerprint density at radius 2 is 1.87 bits per heavy atom. The van der Waals surface area contributed by atoms with E-state index in [9.17, 15) is 4.79 Å². The van der Waals surface area contributed by atoms with Gasteiger partial charge in [0.1, 0.15) is 11.5 Å². The first kappa shape index (κ1) is 20.0. The summed E-state index contributed by atoms with van der Waals surface area (Å²) in [6.45, 7) is 2.56. The van der Waals surface area contributed by atoms with Crippen molar-refractivity contribution in [2.24, 2.45) is 0 Å². The summed E-state index contributed by atoms with van der Waals surface area (Å²) in [5.74, 6) is 1.50. The van der Waals surface area contributed by atoms with E-state index in [1.165, 1.54) is 11.3 Å². The Morgan fingerprint density at radius 3 is 2.57 bits per heavy atom. The van der Waals surface area contributed by atoms with Gasteiger partial charge in [-0.2, -0.15) is 0 Å². The van der Waals surface area contributed by atoms with Gasteiger partial charge in [0, 0.05) is 12.4 Å². The number of hydrogen-bond acceptors (Lipinski definition) is 5. The van der Waals surface area contributed by atoms with Crippen LogP contribution in [0.1, 0.15) is 24.9 Å². The molecule has 2 aromatic carbocycles. The molecule has 1 N–H and O–H groups in total. The molecular formula is C23H23N3O3S. The molecule has 0 aliphatic heterocycles. The van der Waals surface area contributed by atoms with E-state index in [-0.39, 0.29) is 11.9 Å². The number of carbonyl (C=O) groups is 1. The molecule has 0 spiro atoms. The van der Waals surface area contributed by atoms with Gasteiger partial charge in [-0.05, 0) is 55.0 Å². The lowest BCUT2D eigenvalue weighted by atomic mass is 10.0. The number of aromatic nitrogens is 2. The number of benzene rings is 2. The summed E-state index contributed by atoms with van der Waals surface area (Å²) < 4.78 is 13.8. The number of ether oxygens (including phenoxy) is 2. The van der Waals surface area contributed by atoms with Crippen LogP contribution >= 0.6 is 11.3 Å². The zero-order valence-corrected chi connectivity index (χ0v) is 17.7. The minimum absolute atomic E-state index is 0.0893. The van der Waals surface area contributed by atoms with Crippen molar-refractivity contribution in [3.05, 3.63) is 72.6 Å². The van der Waals surface area contributed by atoms with Crippen LogP contribution < -0.4 is 14.8 Å². The Kier molecular flexibility index (Phi) is 5.99. The van der Waals surface area contributed by atoms with Crippen LogP contribution in [-0.2, 0) is 4.79 Å². The highest BCUT2D eigenvalue weighted by atomic mass is 32.1. The van der Waals surface area contributed by atoms with Gasteiger partial charge in [0.2, 0.25) is 5.91 Å². The first-order chi connectivity index (χ1) is 14.7. The van der Waals surface area contributed by atoms with Crippen molar-refractivity contribution in [3.63, 3.8) is 0 Å². The second-order valence-corrected chi connectivity index (χ2v) is 7.78. The van der Waals surface area contributed by atoms with E-state index in [0.29, 0.717) is 18.2 Å². The fraction of sp³-hybridized carbons (Fsp3) is 0.217. The second-order valence-electron chi connectivity index (χ2n) is 6.75. The second kappa shape index (κ2) is 9.00. The summed E-state index contributed by atoms with van der Waals surface area (Å²) in [6.07, 6.45) is 4.23. The molecule has 0 aliphatic rings. The van der Waals surface area contributed by atoms with Gasteiger partial charge < -0.3 is 19.4 Å². The van der Waals surface area contributed by atoms with Gasteiger partial charge in [0.05, 0.1) is 36.4 Å². The van der Waals surface area contributed by atoms with Crippen molar-refractivity contribution in [2.45, 2.75) is 19.4 Å². The molecule has 0 radical (unpaired) electrons. The highest BCUT2D eigenvalue weighted by Gasteiger charge is 2.19. The van der Waals surface area contributed by atoms with Crippen molar-refractivity contribution >= 4 is 32.6 Å². The maximum atomic E-state index is 12.9. The van der Waals surface area contributed by atoms with Crippen molar-refractivity contribution in [1.29, 1.82) is 0 Å². The average Bonchev–Trinajstić information content (AvgIpc) is 3.42. The molecule has 0 saturated carbocycles. The van der Waals surface area contributed by atoms with Gasteiger partial charge in [-0.3, -0.25) is 4.79 Å². The zero-order valence-electron chi connectivity index (χ0n) is 16.9. The smallest absolute Gasteiger partial charge is 0.228 e. The van der Waals surface area contributed by atoms with Crippen LogP contribution in [0.25, 0.3) is 10.2 Å². The van der Waals surface area contributed by atoms with Crippen LogP contribution in [0.2, 0.25) is 0 Å². The molecule has 2 heterocycles. The monoisotopic (exact) mass is 421 g/mol. The first-order valence-corrected chi connectivity index (χ1v) is 10.6. The lowest BCUT2D eigenvalue weighted by molar-refractivity contribution is -0.116. The summed E-state index contributed by atoms with van der Waals surface area (Å²) in [5.41, 5.74) is 1.88. The highest BCUT2D eigenvalue weighted by Crippen LogP contribution is 2.30. The third-order valence-corrected chi connectivity index (χ3v) is 5.72. The Morgan fingerprint density at radius 1 is 1.13 bits per heavy atom. The minimum atomic E-state index is -0.121. The molecule has 1 atom stereocenters. The molecule has 0 saturated heterocycles. The van der Waals surface area contributed by atoms with E-state index in [1.54, 1.807) is 7.11 Å². The van der Waals surface area contributed by atoms with Crippen molar-refractivity contribution in [3.8, 4) is 11.5 Å². The molecule has 1 amide bonds. The van der Waals surface area contributed by atoms with Gasteiger partial charge in [0.15, 0.2) is 5.13 Å². The van der Waals surface area contributed by atoms with Gasteiger partial charge >= 0.3 is 0 Å². The van der Waals surface area contributed by atoms with E-state index in [4.69, 9.17) is 9.47 Å². The Hall–Kier alpha value is -3.32. The zero-order chi connectivity index (χ0) is 20.9. The largest absolute Gasteiger partial charge is 0.497 e. The normalized spacial score (nSPS) is 11.9. The Bertz CT molecular complexity index is 1120. The van der Waals surface area contributed by atoms with Crippen LogP contribution in [0, 0.1) is 0 Å². The molecule has 0 fully saturated rings. The summed E-state index contributed by atoms with van der Waals surface area (Å²) in [7, 11) is 1.64. The van der Waals surface area contributed by atoms with E-state index in [0.717, 1.165) is 27.3 Å². The molecule has 2 aromatic heterocycles. The predicted octanol–water partition coefficient (Wildman–Crippen LogP) is 5.12. The number of amides is 1. The minimum Gasteiger partial charge on any atom is -0.497 e. The molecule has 30 heavy (non-hydrogen) atoms. The van der Waals surface area contributed by atoms with Crippen molar-refractivity contribution in [2.75, 3.05) is 19.0 Å². The lowest BCUT2D eigenvalue weighted by Gasteiger charge is -2.19. The van der Waals surface area contributed by atoms with E-state index >= 15 is 0 Å². The fourth-order valence-corrected chi connectivity index (χ4v) is 4.25. The number of hydrogen-bond donors (Lipinski definition) is 1. The van der Waals surface area contributed by atoms with Crippen LogP contribution in [0.5, 0.6) is 11.5 Å². The number of fused-ring (bicyclic) bond motifs is 1. The Balaban J connectivity index is 1.51. The van der Waals surface area contributed by atoms with E-state index in [2.05, 4.69) is 10.3 Å². The number of rotatable bonds is 8. The van der Waals surface area contributed by atoms with Crippen molar-refractivity contribution in [1.82, 2.24) is 9.55 Å². The predicted molar refractivity (Wildman–Crippen MR) is 120 cm³/mol. The average molecular weight is 422 g/mol. The molecule has 0 aliphatic carbocycles. The number of nitrogens with zero attached hydrogens (tertiary/aromatic N) is 2. The highest BCUT2D eigenvalue weighted by molar-refractivity contribution is 7.22. The molecule has 4 aromatic rings. The molecule has 6 nitrogen and oxygen atoms in total. The summed E-state index contributed by atoms with van der Waals surface area (Å²) in [5, 5.41) is 3.54. The topological polar surface area (TPSA) is 65.4 Å². The van der Waals surface area contributed by atoms with Crippen LogP contribution in [0.3, 0.4) is 0 Å². The Labute approximate surface area is 179 Å². The number of anilines is 1. The standard InChI is InChI=1S/C23H23N3O3S/c1-3-29-18-10-11-19-21(14-18)30-23(24-19)25-22(27)15-20(26-12-4-5-13-26)16-6-8-17(28-2)9-7-16/h4-14,20H,3,15H2,1-2H3,(H,24,25,27)/t20-/m0/s1. The summed E-state index contributed by atoms with van der Waals surface area (Å²) in [4.78, 5) is 17.4. The van der Waals surface area contributed by atoms with Gasteiger partial charge in [0.25, 0.3) is 0 Å². The molecule has 154 valence electrons. The number of nitrogens with one attached hydrogen (secondary N) is 1. The van der Waals surface area contributed by atoms with Crippen molar-refractivity contribution < 1.29 is 14.3 Å². The third-order valence-electron chi connectivity index (χ3n) is 4.78. The first-order valence-electron chi connectivity index (χ1n) is 9.76. The SMILES string of the molecule is CCOc1ccc2nc(NC(=O)C[C@@H](c3ccc(OC)cc3)n3cccc3)sc2c1. The number of carbonyl (C=O) groups excluding carboxylic acids is 1. The molecule has 0 bridgehead atoms. The number of methoxy groups -OCH3 is 1. The van der Waals surface area contributed by atoms with Crippen LogP contribution in [0.4, 0.5) is 5.13 Å². The van der Waals surface area contributed by atoms with Gasteiger partial charge in [-0.1, -0.05) is 23.5 Å². The van der Waals surface area contributed by atoms with Crippen LogP contribution in [-0.4, -0.2) is 29.2 Å². The van der Waals surface area contributed by atoms with Gasteiger partial charge in [-0.25, -0.2) is 4.98 Å². The van der Waals surface area contributed by atoms with Crippen LogP contribution in [0.15, 0.2) is 67.0 Å². The summed E-state index contributed by atoms with van der Waals surface area (Å²) in [6, 6.07) is 17.3. The van der Waals surface area contributed by atoms with E-state index < -0.39 is 0 Å². The maximum Gasteiger partial charge on any atom is 0.228 e. The van der Waals surface area contributed by atoms with Gasteiger partial charge in [-0.15, -0.1) is 0 Å². The molecular weight excluding hydrogens is 398 g/mol. The molecule has 4 rings (SSSR count). The van der Waals surface area contributed by atoms with E-state index in [1.807, 2.05) is 78.5 Å². The fourth-order valence-electron chi connectivity index (χ4n) is 3.34.